The zero-order valence-electron chi connectivity index (χ0n) is 15.5. The third-order valence-electron chi connectivity index (χ3n) is 4.48. The summed E-state index contributed by atoms with van der Waals surface area (Å²) in [5, 5.41) is 0.646. The molecule has 0 saturated heterocycles. The van der Waals surface area contributed by atoms with Gasteiger partial charge in [0, 0.05) is 31.1 Å². The Kier molecular flexibility index (Phi) is 5.78. The second-order valence-electron chi connectivity index (χ2n) is 6.59. The van der Waals surface area contributed by atoms with Crippen molar-refractivity contribution in [3.63, 3.8) is 0 Å². The quantitative estimate of drug-likeness (QED) is 0.693. The lowest BCUT2D eigenvalue weighted by Crippen LogP contribution is -2.31. The van der Waals surface area contributed by atoms with E-state index in [0.717, 1.165) is 35.7 Å². The summed E-state index contributed by atoms with van der Waals surface area (Å²) in [7, 11) is -0.676. The van der Waals surface area contributed by atoms with Gasteiger partial charge in [-0.05, 0) is 43.9 Å². The number of hydrogen-bond donors (Lipinski definition) is 0. The summed E-state index contributed by atoms with van der Waals surface area (Å²) in [4.78, 5) is 20.7. The number of hydrogen-bond acceptors (Lipinski definition) is 5. The normalized spacial score (nSPS) is 14.0. The Bertz CT molecular complexity index is 941. The summed E-state index contributed by atoms with van der Waals surface area (Å²) >= 11 is 1.54. The molecule has 1 aliphatic carbocycles. The van der Waals surface area contributed by atoms with Crippen molar-refractivity contribution in [2.75, 3.05) is 25.5 Å². The van der Waals surface area contributed by atoms with Crippen molar-refractivity contribution in [1.29, 1.82) is 0 Å². The Morgan fingerprint density at radius 1 is 1.30 bits per heavy atom. The van der Waals surface area contributed by atoms with Gasteiger partial charge in [0.1, 0.15) is 0 Å². The van der Waals surface area contributed by atoms with Crippen molar-refractivity contribution in [2.24, 2.45) is 0 Å². The highest BCUT2D eigenvalue weighted by molar-refractivity contribution is 7.89. The minimum absolute atomic E-state index is 0.0929. The van der Waals surface area contributed by atoms with Crippen LogP contribution in [0.1, 0.15) is 33.8 Å². The fourth-order valence-electron chi connectivity index (χ4n) is 2.99. The van der Waals surface area contributed by atoms with E-state index >= 15 is 0 Å². The number of benzene rings is 1. The highest BCUT2D eigenvalue weighted by Crippen LogP contribution is 2.32. The van der Waals surface area contributed by atoms with Gasteiger partial charge in [-0.1, -0.05) is 12.1 Å². The summed E-state index contributed by atoms with van der Waals surface area (Å²) in [5.41, 5.74) is 1.39. The van der Waals surface area contributed by atoms with E-state index in [4.69, 9.17) is 0 Å². The number of amides is 1. The first kappa shape index (κ1) is 19.7. The molecule has 1 aliphatic rings. The Labute approximate surface area is 164 Å². The molecular weight excluding hydrogens is 382 g/mol. The van der Waals surface area contributed by atoms with E-state index in [0.29, 0.717) is 17.2 Å². The fraction of sp³-hybridized carbons (Fsp3) is 0.368. The molecule has 27 heavy (non-hydrogen) atoms. The maximum atomic E-state index is 13.1. The average molecular weight is 406 g/mol. The topological polar surface area (TPSA) is 70.6 Å². The number of aromatic nitrogens is 1. The second-order valence-corrected chi connectivity index (χ2v) is 9.81. The highest BCUT2D eigenvalue weighted by Gasteiger charge is 2.25. The molecule has 0 spiro atoms. The van der Waals surface area contributed by atoms with E-state index in [9.17, 15) is 13.2 Å². The summed E-state index contributed by atoms with van der Waals surface area (Å²) in [6, 6.07) is 6.12. The van der Waals surface area contributed by atoms with Crippen LogP contribution in [0.15, 0.2) is 41.8 Å². The summed E-state index contributed by atoms with van der Waals surface area (Å²) < 4.78 is 25.9. The van der Waals surface area contributed by atoms with Gasteiger partial charge in [0.25, 0.3) is 5.91 Å². The molecule has 0 unspecified atom stereocenters. The third-order valence-corrected chi connectivity index (χ3v) is 7.47. The molecule has 8 heteroatoms. The number of sulfonamides is 1. The lowest BCUT2D eigenvalue weighted by atomic mass is 10.0. The zero-order valence-corrected chi connectivity index (χ0v) is 17.1. The molecule has 0 N–H and O–H groups in total. The molecular formula is C19H23N3O3S2. The van der Waals surface area contributed by atoms with Gasteiger partial charge in [0.15, 0.2) is 5.13 Å². The summed E-state index contributed by atoms with van der Waals surface area (Å²) in [6.07, 6.45) is 5.86. The second kappa shape index (κ2) is 7.92. The predicted octanol–water partition coefficient (Wildman–Crippen LogP) is 3.11. The van der Waals surface area contributed by atoms with Crippen molar-refractivity contribution >= 4 is 32.4 Å². The Balaban J connectivity index is 1.96. The van der Waals surface area contributed by atoms with E-state index in [1.807, 2.05) is 0 Å². The number of aryl methyl sites for hydroxylation is 2. The number of carbonyl (C=O) groups excluding carboxylic acids is 1. The van der Waals surface area contributed by atoms with Gasteiger partial charge < -0.3 is 0 Å². The molecule has 0 atom stereocenters. The van der Waals surface area contributed by atoms with Crippen LogP contribution < -0.4 is 4.90 Å². The van der Waals surface area contributed by atoms with Crippen LogP contribution in [-0.4, -0.2) is 44.3 Å². The third kappa shape index (κ3) is 3.97. The molecule has 3 rings (SSSR count). The first-order valence-corrected chi connectivity index (χ1v) is 11.0. The largest absolute Gasteiger partial charge is 0.280 e. The molecule has 1 amide bonds. The minimum Gasteiger partial charge on any atom is -0.280 e. The Morgan fingerprint density at radius 3 is 2.70 bits per heavy atom. The van der Waals surface area contributed by atoms with Crippen LogP contribution in [0.3, 0.4) is 0 Å². The first-order chi connectivity index (χ1) is 12.8. The van der Waals surface area contributed by atoms with Crippen molar-refractivity contribution in [2.45, 2.75) is 30.6 Å². The summed E-state index contributed by atoms with van der Waals surface area (Å²) in [6.45, 7) is 4.06. The molecule has 144 valence electrons. The van der Waals surface area contributed by atoms with Crippen molar-refractivity contribution in [1.82, 2.24) is 9.29 Å². The Morgan fingerprint density at radius 2 is 2.04 bits per heavy atom. The van der Waals surface area contributed by atoms with Crippen molar-refractivity contribution in [3.8, 4) is 0 Å². The van der Waals surface area contributed by atoms with E-state index in [1.165, 1.54) is 31.1 Å². The van der Waals surface area contributed by atoms with Crippen LogP contribution in [0.25, 0.3) is 0 Å². The zero-order chi connectivity index (χ0) is 19.6. The first-order valence-electron chi connectivity index (χ1n) is 8.78. The summed E-state index contributed by atoms with van der Waals surface area (Å²) in [5.74, 6) is -0.281. The smallest absolute Gasteiger partial charge is 0.260 e. The minimum atomic E-state index is -3.61. The standard InChI is InChI=1S/C19H23N3O3S2/c1-4-12-22(19-20-16-10-5-6-11-17(16)26-19)18(23)14-8-7-9-15(13-14)27(24,25)21(2)3/h4,7-9,13H,1,5-6,10-12H2,2-3H3. The van der Waals surface area contributed by atoms with E-state index in [2.05, 4.69) is 11.6 Å². The van der Waals surface area contributed by atoms with Crippen LogP contribution in [-0.2, 0) is 22.9 Å². The van der Waals surface area contributed by atoms with E-state index < -0.39 is 10.0 Å². The number of rotatable bonds is 6. The maximum absolute atomic E-state index is 13.1. The number of nitrogens with zero attached hydrogens (tertiary/aromatic N) is 3. The predicted molar refractivity (Wildman–Crippen MR) is 108 cm³/mol. The van der Waals surface area contributed by atoms with Gasteiger partial charge in [-0.25, -0.2) is 17.7 Å². The number of thiazole rings is 1. The number of carbonyl (C=O) groups is 1. The van der Waals surface area contributed by atoms with Crippen LogP contribution in [0, 0.1) is 0 Å². The van der Waals surface area contributed by atoms with Crippen LogP contribution in [0.4, 0.5) is 5.13 Å². The molecule has 0 saturated carbocycles. The molecule has 1 aromatic carbocycles. The van der Waals surface area contributed by atoms with Crippen LogP contribution in [0.5, 0.6) is 0 Å². The molecule has 1 heterocycles. The lowest BCUT2D eigenvalue weighted by Gasteiger charge is -2.19. The molecule has 0 radical (unpaired) electrons. The van der Waals surface area contributed by atoms with Crippen molar-refractivity contribution in [3.05, 3.63) is 53.1 Å². The molecule has 0 aliphatic heterocycles. The van der Waals surface area contributed by atoms with Crippen LogP contribution in [0.2, 0.25) is 0 Å². The maximum Gasteiger partial charge on any atom is 0.260 e. The fourth-order valence-corrected chi connectivity index (χ4v) is 5.09. The highest BCUT2D eigenvalue weighted by atomic mass is 32.2. The molecule has 2 aromatic rings. The van der Waals surface area contributed by atoms with E-state index in [-0.39, 0.29) is 10.8 Å². The average Bonchev–Trinajstić information content (AvgIpc) is 3.09. The number of fused-ring (bicyclic) bond motifs is 1. The van der Waals surface area contributed by atoms with Crippen molar-refractivity contribution < 1.29 is 13.2 Å². The van der Waals surface area contributed by atoms with E-state index in [1.54, 1.807) is 34.4 Å². The van der Waals surface area contributed by atoms with Gasteiger partial charge in [-0.3, -0.25) is 9.69 Å². The molecule has 1 aromatic heterocycles. The lowest BCUT2D eigenvalue weighted by molar-refractivity contribution is 0.0989. The van der Waals surface area contributed by atoms with Crippen LogP contribution >= 0.6 is 11.3 Å². The Hall–Kier alpha value is -2.03. The SMILES string of the molecule is C=CCN(C(=O)c1cccc(S(=O)(=O)N(C)C)c1)c1nc2c(s1)CCCC2. The van der Waals surface area contributed by atoms with Gasteiger partial charge >= 0.3 is 0 Å². The molecule has 0 bridgehead atoms. The van der Waals surface area contributed by atoms with Gasteiger partial charge in [0.2, 0.25) is 10.0 Å². The van der Waals surface area contributed by atoms with Gasteiger partial charge in [-0.2, -0.15) is 0 Å². The molecule has 6 nitrogen and oxygen atoms in total. The monoisotopic (exact) mass is 405 g/mol. The number of anilines is 1. The molecule has 0 fully saturated rings. The van der Waals surface area contributed by atoms with Gasteiger partial charge in [-0.15, -0.1) is 17.9 Å². The van der Waals surface area contributed by atoms with Gasteiger partial charge in [0.05, 0.1) is 10.6 Å².